The zero-order chi connectivity index (χ0) is 20.9. The van der Waals surface area contributed by atoms with Crippen molar-refractivity contribution in [1.82, 2.24) is 5.27 Å². The number of carbonyl (C=O) groups excluding carboxylic acids is 1. The lowest BCUT2D eigenvalue weighted by molar-refractivity contribution is -0.705. The predicted octanol–water partition coefficient (Wildman–Crippen LogP) is 1.93. The Bertz CT molecular complexity index is 1040. The van der Waals surface area contributed by atoms with Crippen LogP contribution in [0.15, 0.2) is 52.0 Å². The fraction of sp³-hybridized carbons (Fsp3) is 0.250. The summed E-state index contributed by atoms with van der Waals surface area (Å²) >= 11 is 1.20. The number of thioether (sulfide) groups is 1. The Balaban J connectivity index is 1.35. The summed E-state index contributed by atoms with van der Waals surface area (Å²) in [4.78, 5) is 12.3. The van der Waals surface area contributed by atoms with Crippen molar-refractivity contribution in [3.63, 3.8) is 0 Å². The van der Waals surface area contributed by atoms with Crippen LogP contribution in [0.3, 0.4) is 0 Å². The molecule has 10 heteroatoms. The van der Waals surface area contributed by atoms with E-state index in [1.807, 2.05) is 0 Å². The average Bonchev–Trinajstić information content (AvgIpc) is 3.14. The molecule has 0 fully saturated rings. The standard InChI is InChI=1S/C20H19N3O6S/c1-26-15-5-3-14(4-6-15)23-19(20(25)29-22-23)30-11-8-18(24)21-13-2-7-16-17(12-13)28-10-9-27-16/h2-7,12H,8-11H2,1H3,(H-,21,22,24,25). The quantitative estimate of drug-likeness (QED) is 0.448. The summed E-state index contributed by atoms with van der Waals surface area (Å²) in [6, 6.07) is 12.3. The maximum Gasteiger partial charge on any atom is 0.297 e. The van der Waals surface area contributed by atoms with Gasteiger partial charge in [-0.1, -0.05) is 11.8 Å². The van der Waals surface area contributed by atoms with Gasteiger partial charge in [0.1, 0.15) is 19.0 Å². The van der Waals surface area contributed by atoms with Gasteiger partial charge >= 0.3 is 0 Å². The molecule has 0 saturated carbocycles. The molecular weight excluding hydrogens is 410 g/mol. The van der Waals surface area contributed by atoms with Crippen LogP contribution in [-0.2, 0) is 4.79 Å². The second-order valence-electron chi connectivity index (χ2n) is 6.28. The van der Waals surface area contributed by atoms with Gasteiger partial charge in [-0.15, -0.1) is 0 Å². The highest BCUT2D eigenvalue weighted by Gasteiger charge is 2.21. The molecule has 0 radical (unpaired) electrons. The number of benzene rings is 2. The van der Waals surface area contributed by atoms with E-state index >= 15 is 0 Å². The van der Waals surface area contributed by atoms with E-state index in [1.54, 1.807) is 49.6 Å². The zero-order valence-electron chi connectivity index (χ0n) is 16.1. The topological polar surface area (TPSA) is 110 Å². The normalized spacial score (nSPS) is 12.4. The third-order valence-corrected chi connectivity index (χ3v) is 5.30. The molecule has 0 atom stereocenters. The molecule has 1 aromatic heterocycles. The molecule has 3 aromatic rings. The summed E-state index contributed by atoms with van der Waals surface area (Å²) < 4.78 is 22.3. The minimum absolute atomic E-state index is 0.181. The summed E-state index contributed by atoms with van der Waals surface area (Å²) in [6.45, 7) is 0.989. The van der Waals surface area contributed by atoms with Gasteiger partial charge < -0.3 is 29.2 Å². The first kappa shape index (κ1) is 19.9. The maximum absolute atomic E-state index is 12.3. The number of nitrogens with one attached hydrogen (secondary N) is 1. The van der Waals surface area contributed by atoms with Crippen LogP contribution in [0.5, 0.6) is 23.2 Å². The fourth-order valence-electron chi connectivity index (χ4n) is 2.83. The molecule has 0 spiro atoms. The first-order chi connectivity index (χ1) is 14.6. The minimum atomic E-state index is -0.553. The van der Waals surface area contributed by atoms with Crippen LogP contribution in [0.2, 0.25) is 0 Å². The number of hydrogen-bond acceptors (Lipinski definition) is 8. The molecule has 2 heterocycles. The Kier molecular flexibility index (Phi) is 5.94. The van der Waals surface area contributed by atoms with Crippen molar-refractivity contribution in [1.29, 1.82) is 0 Å². The highest BCUT2D eigenvalue weighted by molar-refractivity contribution is 7.99. The number of ether oxygens (including phenoxy) is 3. The Morgan fingerprint density at radius 3 is 2.73 bits per heavy atom. The van der Waals surface area contributed by atoms with Crippen molar-refractivity contribution in [2.24, 2.45) is 0 Å². The minimum Gasteiger partial charge on any atom is -0.538 e. The summed E-state index contributed by atoms with van der Waals surface area (Å²) in [5, 5.41) is 18.9. The van der Waals surface area contributed by atoms with E-state index in [9.17, 15) is 9.90 Å². The molecule has 1 amide bonds. The fourth-order valence-corrected chi connectivity index (χ4v) is 3.73. The highest BCUT2D eigenvalue weighted by Crippen LogP contribution is 2.32. The van der Waals surface area contributed by atoms with Crippen LogP contribution in [0.4, 0.5) is 5.69 Å². The van der Waals surface area contributed by atoms with E-state index in [-0.39, 0.29) is 12.3 Å². The molecule has 0 unspecified atom stereocenters. The Labute approximate surface area is 176 Å². The molecule has 4 rings (SSSR count). The van der Waals surface area contributed by atoms with Gasteiger partial charge in [0.25, 0.3) is 5.03 Å². The smallest absolute Gasteiger partial charge is 0.297 e. The Morgan fingerprint density at radius 2 is 1.97 bits per heavy atom. The number of fused-ring (bicyclic) bond motifs is 1. The number of methoxy groups -OCH3 is 1. The largest absolute Gasteiger partial charge is 0.538 e. The van der Waals surface area contributed by atoms with E-state index in [0.717, 1.165) is 0 Å². The molecule has 30 heavy (non-hydrogen) atoms. The van der Waals surface area contributed by atoms with Crippen molar-refractivity contribution in [3.05, 3.63) is 42.5 Å². The van der Waals surface area contributed by atoms with Gasteiger partial charge in [-0.25, -0.2) is 0 Å². The van der Waals surface area contributed by atoms with Gasteiger partial charge in [0.2, 0.25) is 11.6 Å². The van der Waals surface area contributed by atoms with Crippen LogP contribution in [0, 0.1) is 0 Å². The molecule has 9 nitrogen and oxygen atoms in total. The molecule has 1 aliphatic heterocycles. The molecular formula is C20H19N3O6S. The van der Waals surface area contributed by atoms with E-state index < -0.39 is 5.95 Å². The number of rotatable bonds is 7. The lowest BCUT2D eigenvalue weighted by Crippen LogP contribution is -2.34. The van der Waals surface area contributed by atoms with Crippen LogP contribution in [0.1, 0.15) is 6.42 Å². The number of aromatic nitrogens is 2. The maximum atomic E-state index is 12.3. The van der Waals surface area contributed by atoms with E-state index in [0.29, 0.717) is 52.6 Å². The number of hydrogen-bond donors (Lipinski definition) is 1. The number of anilines is 1. The van der Waals surface area contributed by atoms with Gasteiger partial charge in [-0.2, -0.15) is 0 Å². The SMILES string of the molecule is COc1ccc(-[n+]2noc([O-])c2SCCC(=O)Nc2ccc3c(c2)OCCO3)cc1. The number of amides is 1. The van der Waals surface area contributed by atoms with Crippen LogP contribution < -0.4 is 29.3 Å². The third-order valence-electron chi connectivity index (χ3n) is 4.28. The Morgan fingerprint density at radius 1 is 1.20 bits per heavy atom. The van der Waals surface area contributed by atoms with Crippen molar-refractivity contribution < 1.29 is 33.3 Å². The second-order valence-corrected chi connectivity index (χ2v) is 7.36. The van der Waals surface area contributed by atoms with Gasteiger partial charge in [0.05, 0.1) is 12.4 Å². The van der Waals surface area contributed by atoms with Gasteiger partial charge in [-0.05, 0) is 28.9 Å². The lowest BCUT2D eigenvalue weighted by Gasteiger charge is -2.18. The third kappa shape index (κ3) is 4.43. The van der Waals surface area contributed by atoms with Crippen molar-refractivity contribution in [3.8, 4) is 28.9 Å². The van der Waals surface area contributed by atoms with Gasteiger partial charge in [0, 0.05) is 36.1 Å². The summed E-state index contributed by atoms with van der Waals surface area (Å²) in [5.41, 5.74) is 1.28. The molecule has 1 N–H and O–H groups in total. The molecule has 1 aliphatic rings. The lowest BCUT2D eigenvalue weighted by atomic mass is 10.2. The average molecular weight is 429 g/mol. The van der Waals surface area contributed by atoms with Crippen molar-refractivity contribution in [2.75, 3.05) is 31.4 Å². The van der Waals surface area contributed by atoms with E-state index in [2.05, 4.69) is 10.6 Å². The number of carbonyl (C=O) groups is 1. The van der Waals surface area contributed by atoms with Crippen LogP contribution in [0.25, 0.3) is 5.69 Å². The van der Waals surface area contributed by atoms with Crippen molar-refractivity contribution in [2.45, 2.75) is 11.4 Å². The number of nitrogens with zero attached hydrogens (tertiary/aromatic N) is 2. The summed E-state index contributed by atoms with van der Waals surface area (Å²) in [7, 11) is 1.57. The monoisotopic (exact) mass is 429 g/mol. The highest BCUT2D eigenvalue weighted by atomic mass is 32.2. The molecule has 0 saturated heterocycles. The van der Waals surface area contributed by atoms with Crippen LogP contribution >= 0.6 is 11.8 Å². The van der Waals surface area contributed by atoms with Crippen molar-refractivity contribution >= 4 is 23.4 Å². The molecule has 156 valence electrons. The first-order valence-corrected chi connectivity index (χ1v) is 10.2. The van der Waals surface area contributed by atoms with Crippen LogP contribution in [-0.4, -0.2) is 37.3 Å². The first-order valence-electron chi connectivity index (χ1n) is 9.20. The summed E-state index contributed by atoms with van der Waals surface area (Å²) in [5.74, 6) is 1.60. The summed E-state index contributed by atoms with van der Waals surface area (Å²) in [6.07, 6.45) is 0.201. The molecule has 0 aliphatic carbocycles. The van der Waals surface area contributed by atoms with E-state index in [4.69, 9.17) is 18.7 Å². The Hall–Kier alpha value is -3.40. The van der Waals surface area contributed by atoms with Gasteiger partial charge in [0.15, 0.2) is 17.4 Å². The molecule has 0 bridgehead atoms. The van der Waals surface area contributed by atoms with Gasteiger partial charge in [-0.3, -0.25) is 4.79 Å². The predicted molar refractivity (Wildman–Crippen MR) is 105 cm³/mol. The van der Waals surface area contributed by atoms with E-state index in [1.165, 1.54) is 16.4 Å². The zero-order valence-corrected chi connectivity index (χ0v) is 16.9. The molecule has 2 aromatic carbocycles. The second kappa shape index (κ2) is 8.95.